The van der Waals surface area contributed by atoms with E-state index in [9.17, 15) is 14.7 Å². The molecule has 0 spiro atoms. The highest BCUT2D eigenvalue weighted by atomic mass is 16.4. The maximum atomic E-state index is 12.0. The molecular weight excluding hydrogens is 236 g/mol. The predicted octanol–water partition coefficient (Wildman–Crippen LogP) is 0.548. The fourth-order valence-electron chi connectivity index (χ4n) is 2.74. The molecule has 0 aromatic heterocycles. The van der Waals surface area contributed by atoms with Gasteiger partial charge in [-0.2, -0.15) is 0 Å². The van der Waals surface area contributed by atoms with E-state index in [0.717, 1.165) is 19.3 Å². The van der Waals surface area contributed by atoms with E-state index in [1.165, 1.54) is 4.90 Å². The van der Waals surface area contributed by atoms with Gasteiger partial charge in [0, 0.05) is 12.6 Å². The lowest BCUT2D eigenvalue weighted by Crippen LogP contribution is -2.50. The Balaban J connectivity index is 1.86. The molecule has 1 aliphatic heterocycles. The Kier molecular flexibility index (Phi) is 4.06. The summed E-state index contributed by atoms with van der Waals surface area (Å²) in [5.41, 5.74) is 0. The lowest BCUT2D eigenvalue weighted by atomic mass is 9.93. The van der Waals surface area contributed by atoms with Crippen molar-refractivity contribution in [2.24, 2.45) is 0 Å². The number of carboxylic acid groups (broad SMARTS) is 1. The van der Waals surface area contributed by atoms with Crippen LogP contribution in [-0.2, 0) is 4.79 Å². The van der Waals surface area contributed by atoms with Crippen LogP contribution in [0.1, 0.15) is 38.5 Å². The van der Waals surface area contributed by atoms with Gasteiger partial charge in [-0.25, -0.2) is 9.59 Å². The van der Waals surface area contributed by atoms with Gasteiger partial charge in [0.1, 0.15) is 6.04 Å². The third-order valence-corrected chi connectivity index (χ3v) is 3.82. The smallest absolute Gasteiger partial charge is 0.326 e. The van der Waals surface area contributed by atoms with Gasteiger partial charge in [-0.15, -0.1) is 0 Å². The Labute approximate surface area is 106 Å². The van der Waals surface area contributed by atoms with E-state index < -0.39 is 12.0 Å². The Morgan fingerprint density at radius 2 is 1.78 bits per heavy atom. The summed E-state index contributed by atoms with van der Waals surface area (Å²) in [4.78, 5) is 24.4. The van der Waals surface area contributed by atoms with Gasteiger partial charge >= 0.3 is 12.0 Å². The first-order chi connectivity index (χ1) is 8.58. The summed E-state index contributed by atoms with van der Waals surface area (Å²) in [5, 5.41) is 21.3. The molecule has 0 unspecified atom stereocenters. The van der Waals surface area contributed by atoms with E-state index in [1.807, 2.05) is 0 Å². The average molecular weight is 256 g/mol. The summed E-state index contributed by atoms with van der Waals surface area (Å²) in [5.74, 6) is -0.929. The van der Waals surface area contributed by atoms with Gasteiger partial charge in [-0.3, -0.25) is 0 Å². The molecule has 6 heteroatoms. The monoisotopic (exact) mass is 256 g/mol. The van der Waals surface area contributed by atoms with Crippen molar-refractivity contribution in [1.29, 1.82) is 0 Å². The van der Waals surface area contributed by atoms with E-state index >= 15 is 0 Å². The number of aliphatic hydroxyl groups is 1. The number of hydrogen-bond acceptors (Lipinski definition) is 3. The van der Waals surface area contributed by atoms with Crippen molar-refractivity contribution >= 4 is 12.0 Å². The molecule has 1 atom stereocenters. The van der Waals surface area contributed by atoms with Crippen molar-refractivity contribution < 1.29 is 19.8 Å². The number of urea groups is 1. The number of likely N-dealkylation sites (tertiary alicyclic amines) is 1. The van der Waals surface area contributed by atoms with Crippen molar-refractivity contribution in [2.45, 2.75) is 56.7 Å². The summed E-state index contributed by atoms with van der Waals surface area (Å²) < 4.78 is 0. The summed E-state index contributed by atoms with van der Waals surface area (Å²) in [7, 11) is 0. The second-order valence-electron chi connectivity index (χ2n) is 5.14. The number of aliphatic hydroxyl groups excluding tert-OH is 1. The zero-order valence-electron chi connectivity index (χ0n) is 10.3. The minimum absolute atomic E-state index is 0.0657. The van der Waals surface area contributed by atoms with Crippen LogP contribution in [0.15, 0.2) is 0 Å². The van der Waals surface area contributed by atoms with Crippen LogP contribution in [0.5, 0.6) is 0 Å². The van der Waals surface area contributed by atoms with Gasteiger partial charge in [-0.05, 0) is 38.5 Å². The van der Waals surface area contributed by atoms with Crippen LogP contribution in [-0.4, -0.2) is 51.8 Å². The van der Waals surface area contributed by atoms with Crippen LogP contribution < -0.4 is 5.32 Å². The zero-order valence-corrected chi connectivity index (χ0v) is 10.3. The highest BCUT2D eigenvalue weighted by Crippen LogP contribution is 2.21. The maximum absolute atomic E-state index is 12.0. The largest absolute Gasteiger partial charge is 0.480 e. The molecule has 1 saturated carbocycles. The third-order valence-electron chi connectivity index (χ3n) is 3.82. The maximum Gasteiger partial charge on any atom is 0.326 e. The predicted molar refractivity (Wildman–Crippen MR) is 64.2 cm³/mol. The second-order valence-corrected chi connectivity index (χ2v) is 5.14. The molecule has 2 amide bonds. The Bertz CT molecular complexity index is 326. The van der Waals surface area contributed by atoms with Crippen LogP contribution in [0.2, 0.25) is 0 Å². The second kappa shape index (κ2) is 5.56. The third kappa shape index (κ3) is 2.93. The van der Waals surface area contributed by atoms with E-state index in [2.05, 4.69) is 5.32 Å². The topological polar surface area (TPSA) is 89.9 Å². The standard InChI is InChI=1S/C12H20N2O4/c15-9-5-3-8(4-6-9)13-12(18)14-7-1-2-10(14)11(16)17/h8-10,15H,1-7H2,(H,13,18)(H,16,17)/t8?,9?,10-/m0/s1. The number of rotatable bonds is 2. The molecule has 18 heavy (non-hydrogen) atoms. The molecule has 3 N–H and O–H groups in total. The van der Waals surface area contributed by atoms with Crippen LogP contribution in [0, 0.1) is 0 Å². The van der Waals surface area contributed by atoms with Crippen molar-refractivity contribution in [3.05, 3.63) is 0 Å². The lowest BCUT2D eigenvalue weighted by Gasteiger charge is -2.29. The number of amides is 2. The fraction of sp³-hybridized carbons (Fsp3) is 0.833. The normalized spacial score (nSPS) is 32.3. The van der Waals surface area contributed by atoms with Gasteiger partial charge in [0.2, 0.25) is 0 Å². The molecule has 102 valence electrons. The number of nitrogens with zero attached hydrogens (tertiary/aromatic N) is 1. The quantitative estimate of drug-likeness (QED) is 0.673. The fourth-order valence-corrected chi connectivity index (χ4v) is 2.74. The van der Waals surface area contributed by atoms with Crippen LogP contribution >= 0.6 is 0 Å². The van der Waals surface area contributed by atoms with Crippen LogP contribution in [0.4, 0.5) is 4.79 Å². The Morgan fingerprint density at radius 1 is 1.11 bits per heavy atom. The summed E-state index contributed by atoms with van der Waals surface area (Å²) >= 11 is 0. The molecule has 0 bridgehead atoms. The molecule has 6 nitrogen and oxygen atoms in total. The highest BCUT2D eigenvalue weighted by Gasteiger charge is 2.35. The van der Waals surface area contributed by atoms with E-state index in [4.69, 9.17) is 5.11 Å². The first kappa shape index (κ1) is 13.1. The SMILES string of the molecule is O=C(O)[C@@H]1CCCN1C(=O)NC1CCC(O)CC1. The van der Waals surface area contributed by atoms with Gasteiger partial charge in [-0.1, -0.05) is 0 Å². The Hall–Kier alpha value is -1.30. The molecule has 2 aliphatic rings. The molecule has 2 rings (SSSR count). The van der Waals surface area contributed by atoms with Gasteiger partial charge in [0.25, 0.3) is 0 Å². The molecular formula is C12H20N2O4. The lowest BCUT2D eigenvalue weighted by molar-refractivity contribution is -0.141. The number of carbonyl (C=O) groups excluding carboxylic acids is 1. The summed E-state index contributed by atoms with van der Waals surface area (Å²) in [6.45, 7) is 0.512. The van der Waals surface area contributed by atoms with Crippen molar-refractivity contribution in [3.8, 4) is 0 Å². The highest BCUT2D eigenvalue weighted by molar-refractivity contribution is 5.83. The summed E-state index contributed by atoms with van der Waals surface area (Å²) in [6.07, 6.45) is 3.95. The van der Waals surface area contributed by atoms with Gasteiger partial charge in [0.05, 0.1) is 6.10 Å². The zero-order chi connectivity index (χ0) is 13.1. The molecule has 1 heterocycles. The molecule has 0 radical (unpaired) electrons. The molecule has 1 saturated heterocycles. The molecule has 2 fully saturated rings. The molecule has 0 aromatic carbocycles. The van der Waals surface area contributed by atoms with Gasteiger partial charge in [0.15, 0.2) is 0 Å². The van der Waals surface area contributed by atoms with E-state index in [1.54, 1.807) is 0 Å². The average Bonchev–Trinajstić information content (AvgIpc) is 2.81. The van der Waals surface area contributed by atoms with Crippen LogP contribution in [0.25, 0.3) is 0 Å². The van der Waals surface area contributed by atoms with E-state index in [-0.39, 0.29) is 18.2 Å². The summed E-state index contributed by atoms with van der Waals surface area (Å²) in [6, 6.07) is -0.892. The molecule has 0 aromatic rings. The molecule has 1 aliphatic carbocycles. The first-order valence-electron chi connectivity index (χ1n) is 6.56. The number of hydrogen-bond donors (Lipinski definition) is 3. The minimum atomic E-state index is -0.929. The van der Waals surface area contributed by atoms with Gasteiger partial charge < -0.3 is 20.4 Å². The number of carbonyl (C=O) groups is 2. The van der Waals surface area contributed by atoms with E-state index in [0.29, 0.717) is 25.8 Å². The van der Waals surface area contributed by atoms with Crippen molar-refractivity contribution in [3.63, 3.8) is 0 Å². The first-order valence-corrected chi connectivity index (χ1v) is 6.56. The number of aliphatic carboxylic acids is 1. The van der Waals surface area contributed by atoms with Crippen molar-refractivity contribution in [1.82, 2.24) is 10.2 Å². The number of carboxylic acids is 1. The Morgan fingerprint density at radius 3 is 2.39 bits per heavy atom. The minimum Gasteiger partial charge on any atom is -0.480 e. The van der Waals surface area contributed by atoms with Crippen molar-refractivity contribution in [2.75, 3.05) is 6.54 Å². The number of nitrogens with one attached hydrogen (secondary N) is 1. The van der Waals surface area contributed by atoms with Crippen LogP contribution in [0.3, 0.4) is 0 Å².